The molecular weight excluding hydrogens is 334 g/mol. The summed E-state index contributed by atoms with van der Waals surface area (Å²) in [5.74, 6) is 0.728. The molecule has 3 fully saturated rings. The Morgan fingerprint density at radius 1 is 1.16 bits per heavy atom. The van der Waals surface area contributed by atoms with Crippen molar-refractivity contribution in [1.29, 1.82) is 0 Å². The summed E-state index contributed by atoms with van der Waals surface area (Å²) in [4.78, 5) is 32.2. The Bertz CT molecular complexity index is 649. The number of hydrogen-bond acceptors (Lipinski definition) is 4. The molecule has 2 amide bonds. The largest absolute Gasteiger partial charge is 0.348 e. The van der Waals surface area contributed by atoms with Gasteiger partial charge in [-0.25, -0.2) is 0 Å². The van der Waals surface area contributed by atoms with Crippen molar-refractivity contribution in [3.63, 3.8) is 0 Å². The van der Waals surface area contributed by atoms with Crippen LogP contribution < -0.4 is 0 Å². The van der Waals surface area contributed by atoms with Crippen molar-refractivity contribution >= 4 is 23.6 Å². The van der Waals surface area contributed by atoms with Crippen molar-refractivity contribution in [2.24, 2.45) is 5.92 Å². The molecule has 3 aliphatic heterocycles. The Morgan fingerprint density at radius 2 is 1.92 bits per heavy atom. The first-order valence-corrected chi connectivity index (χ1v) is 10.1. The van der Waals surface area contributed by atoms with E-state index in [1.165, 1.54) is 0 Å². The van der Waals surface area contributed by atoms with Gasteiger partial charge >= 0.3 is 0 Å². The van der Waals surface area contributed by atoms with Crippen LogP contribution in [0.5, 0.6) is 0 Å². The lowest BCUT2D eigenvalue weighted by Crippen LogP contribution is -2.48. The van der Waals surface area contributed by atoms with Gasteiger partial charge in [-0.05, 0) is 37.1 Å². The maximum atomic E-state index is 13.2. The second-order valence-corrected chi connectivity index (χ2v) is 8.09. The number of nitrogens with zero attached hydrogens (tertiary/aromatic N) is 3. The molecule has 6 heteroatoms. The number of carbonyl (C=O) groups excluding carboxylic acids is 2. The molecule has 2 bridgehead atoms. The molecule has 2 atom stereocenters. The molecule has 0 radical (unpaired) electrons. The number of fused-ring (bicyclic) bond motifs is 4. The van der Waals surface area contributed by atoms with E-state index in [2.05, 4.69) is 9.80 Å². The number of thioether (sulfide) groups is 1. The van der Waals surface area contributed by atoms with Gasteiger partial charge in [-0.1, -0.05) is 12.1 Å². The zero-order valence-electron chi connectivity index (χ0n) is 15.3. The standard InChI is InChI=1S/C19H27N3O2S/c1-20(2)18(23)13-21-10-14-8-9-15(12-21)22(11-14)19(24)16-6-4-5-7-17(16)25-3/h4-7,14-15H,8-13H2,1-3H3/t14-,15+/m1/s1. The zero-order valence-corrected chi connectivity index (χ0v) is 16.1. The van der Waals surface area contributed by atoms with Crippen LogP contribution in [-0.4, -0.2) is 79.1 Å². The van der Waals surface area contributed by atoms with Crippen molar-refractivity contribution in [2.75, 3.05) is 46.5 Å². The summed E-state index contributed by atoms with van der Waals surface area (Å²) in [5, 5.41) is 0. The van der Waals surface area contributed by atoms with Crippen LogP contribution >= 0.6 is 11.8 Å². The van der Waals surface area contributed by atoms with Crippen LogP contribution in [0.3, 0.4) is 0 Å². The van der Waals surface area contributed by atoms with Gasteiger partial charge in [0.25, 0.3) is 5.91 Å². The normalized spacial score (nSPS) is 23.4. The highest BCUT2D eigenvalue weighted by atomic mass is 32.2. The Balaban J connectivity index is 1.76. The van der Waals surface area contributed by atoms with E-state index in [9.17, 15) is 9.59 Å². The number of rotatable bonds is 4. The van der Waals surface area contributed by atoms with Crippen molar-refractivity contribution in [3.8, 4) is 0 Å². The number of benzene rings is 1. The fourth-order valence-corrected chi connectivity index (χ4v) is 4.46. The van der Waals surface area contributed by atoms with Crippen LogP contribution in [0.15, 0.2) is 29.2 Å². The van der Waals surface area contributed by atoms with Gasteiger partial charge < -0.3 is 9.80 Å². The minimum absolute atomic E-state index is 0.131. The summed E-state index contributed by atoms with van der Waals surface area (Å²) in [6, 6.07) is 8.06. The van der Waals surface area contributed by atoms with Crippen LogP contribution in [0.1, 0.15) is 23.2 Å². The third-order valence-electron chi connectivity index (χ3n) is 5.25. The highest BCUT2D eigenvalue weighted by molar-refractivity contribution is 7.98. The summed E-state index contributed by atoms with van der Waals surface area (Å²) < 4.78 is 0. The first-order chi connectivity index (χ1) is 12.0. The minimum Gasteiger partial charge on any atom is -0.348 e. The predicted molar refractivity (Wildman–Crippen MR) is 101 cm³/mol. The average molecular weight is 362 g/mol. The molecule has 1 aromatic rings. The first-order valence-electron chi connectivity index (χ1n) is 8.86. The highest BCUT2D eigenvalue weighted by Gasteiger charge is 2.38. The number of likely N-dealkylation sites (N-methyl/N-ethyl adjacent to an activating group) is 1. The average Bonchev–Trinajstić information content (AvgIpc) is 2.91. The Labute approximate surface area is 154 Å². The van der Waals surface area contributed by atoms with Gasteiger partial charge in [0.05, 0.1) is 12.1 Å². The summed E-state index contributed by atoms with van der Waals surface area (Å²) in [5.41, 5.74) is 0.804. The fourth-order valence-electron chi connectivity index (χ4n) is 3.87. The lowest BCUT2D eigenvalue weighted by molar-refractivity contribution is -0.129. The molecule has 0 unspecified atom stereocenters. The lowest BCUT2D eigenvalue weighted by atomic mass is 9.94. The molecule has 4 rings (SSSR count). The van der Waals surface area contributed by atoms with Gasteiger partial charge in [-0.3, -0.25) is 14.5 Å². The molecule has 1 aromatic carbocycles. The zero-order chi connectivity index (χ0) is 18.0. The Hall–Kier alpha value is -1.53. The third kappa shape index (κ3) is 4.01. The second kappa shape index (κ2) is 7.79. The van der Waals surface area contributed by atoms with Crippen LogP contribution in [0.2, 0.25) is 0 Å². The molecule has 25 heavy (non-hydrogen) atoms. The van der Waals surface area contributed by atoms with Crippen molar-refractivity contribution < 1.29 is 9.59 Å². The monoisotopic (exact) mass is 361 g/mol. The van der Waals surface area contributed by atoms with Crippen LogP contribution in [0, 0.1) is 5.92 Å². The van der Waals surface area contributed by atoms with Crippen LogP contribution in [-0.2, 0) is 4.79 Å². The van der Waals surface area contributed by atoms with E-state index in [1.807, 2.05) is 30.5 Å². The maximum absolute atomic E-state index is 13.2. The Morgan fingerprint density at radius 3 is 2.64 bits per heavy atom. The number of piperidine rings is 1. The van der Waals surface area contributed by atoms with E-state index in [1.54, 1.807) is 30.8 Å². The van der Waals surface area contributed by atoms with Gasteiger partial charge in [0.1, 0.15) is 0 Å². The van der Waals surface area contributed by atoms with E-state index in [4.69, 9.17) is 0 Å². The van der Waals surface area contributed by atoms with E-state index in [0.29, 0.717) is 12.5 Å². The third-order valence-corrected chi connectivity index (χ3v) is 6.04. The molecule has 0 saturated carbocycles. The molecule has 3 saturated heterocycles. The van der Waals surface area contributed by atoms with Gasteiger partial charge in [-0.2, -0.15) is 0 Å². The molecule has 0 spiro atoms. The van der Waals surface area contributed by atoms with Crippen LogP contribution in [0.4, 0.5) is 0 Å². The van der Waals surface area contributed by atoms with Crippen molar-refractivity contribution in [1.82, 2.24) is 14.7 Å². The first kappa shape index (κ1) is 18.3. The summed E-state index contributed by atoms with van der Waals surface area (Å²) in [6.45, 7) is 2.95. The second-order valence-electron chi connectivity index (χ2n) is 7.24. The van der Waals surface area contributed by atoms with Gasteiger partial charge in [0, 0.05) is 44.7 Å². The minimum atomic E-state index is 0.131. The predicted octanol–water partition coefficient (Wildman–Crippen LogP) is 2.03. The molecule has 0 aliphatic carbocycles. The molecule has 5 nitrogen and oxygen atoms in total. The van der Waals surface area contributed by atoms with Gasteiger partial charge in [0.2, 0.25) is 5.91 Å². The fraction of sp³-hybridized carbons (Fsp3) is 0.579. The molecule has 3 heterocycles. The van der Waals surface area contributed by atoms with Crippen molar-refractivity contribution in [3.05, 3.63) is 29.8 Å². The molecule has 3 aliphatic rings. The van der Waals surface area contributed by atoms with E-state index >= 15 is 0 Å². The molecule has 136 valence electrons. The SMILES string of the molecule is CSc1ccccc1C(=O)N1C[C@@H]2CC[C@H]1CN(CC(=O)N(C)C)C2. The summed E-state index contributed by atoms with van der Waals surface area (Å²) in [6.07, 6.45) is 4.19. The summed E-state index contributed by atoms with van der Waals surface area (Å²) in [7, 11) is 3.59. The molecule has 0 aromatic heterocycles. The van der Waals surface area contributed by atoms with E-state index in [0.717, 1.165) is 42.9 Å². The van der Waals surface area contributed by atoms with E-state index < -0.39 is 0 Å². The lowest BCUT2D eigenvalue weighted by Gasteiger charge is -2.36. The smallest absolute Gasteiger partial charge is 0.255 e. The Kier molecular flexibility index (Phi) is 5.69. The summed E-state index contributed by atoms with van der Waals surface area (Å²) >= 11 is 1.62. The number of hydrogen-bond donors (Lipinski definition) is 0. The number of amides is 2. The molecular formula is C19H27N3O2S. The highest BCUT2D eigenvalue weighted by Crippen LogP contribution is 2.31. The quantitative estimate of drug-likeness (QED) is 0.770. The molecule has 0 N–H and O–H groups in total. The maximum Gasteiger partial charge on any atom is 0.255 e. The topological polar surface area (TPSA) is 43.9 Å². The van der Waals surface area contributed by atoms with E-state index in [-0.39, 0.29) is 17.9 Å². The number of carbonyl (C=O) groups is 2. The van der Waals surface area contributed by atoms with Gasteiger partial charge in [-0.15, -0.1) is 11.8 Å². The van der Waals surface area contributed by atoms with Crippen molar-refractivity contribution in [2.45, 2.75) is 23.8 Å². The van der Waals surface area contributed by atoms with Crippen LogP contribution in [0.25, 0.3) is 0 Å². The van der Waals surface area contributed by atoms with Gasteiger partial charge in [0.15, 0.2) is 0 Å².